The van der Waals surface area contributed by atoms with E-state index in [0.717, 1.165) is 17.7 Å². The van der Waals surface area contributed by atoms with Gasteiger partial charge in [-0.15, -0.1) is 0 Å². The molecule has 2 N–H and O–H groups in total. The van der Waals surface area contributed by atoms with Crippen LogP contribution in [0.2, 0.25) is 5.02 Å². The van der Waals surface area contributed by atoms with Crippen molar-refractivity contribution < 1.29 is 4.74 Å². The van der Waals surface area contributed by atoms with E-state index < -0.39 is 0 Å². The molecule has 1 heterocycles. The van der Waals surface area contributed by atoms with E-state index in [1.54, 1.807) is 18.5 Å². The van der Waals surface area contributed by atoms with Crippen molar-refractivity contribution in [1.29, 1.82) is 0 Å². The van der Waals surface area contributed by atoms with E-state index in [2.05, 4.69) is 11.1 Å². The van der Waals surface area contributed by atoms with Crippen molar-refractivity contribution in [3.63, 3.8) is 0 Å². The number of aryl methyl sites for hydroxylation is 1. The van der Waals surface area contributed by atoms with E-state index in [4.69, 9.17) is 22.1 Å². The summed E-state index contributed by atoms with van der Waals surface area (Å²) < 4.78 is 5.74. The topological polar surface area (TPSA) is 48.1 Å². The van der Waals surface area contributed by atoms with Crippen LogP contribution in [0.25, 0.3) is 0 Å². The van der Waals surface area contributed by atoms with Gasteiger partial charge in [0.2, 0.25) is 0 Å². The van der Waals surface area contributed by atoms with Gasteiger partial charge in [0.05, 0.1) is 11.2 Å². The Labute approximate surface area is 112 Å². The molecule has 0 aliphatic rings. The minimum atomic E-state index is 0.560. The van der Waals surface area contributed by atoms with Crippen molar-refractivity contribution in [2.45, 2.75) is 13.3 Å². The fourth-order valence-corrected chi connectivity index (χ4v) is 1.89. The number of hydrogen-bond acceptors (Lipinski definition) is 3. The van der Waals surface area contributed by atoms with Gasteiger partial charge >= 0.3 is 0 Å². The number of nitrogens with two attached hydrogens (primary N) is 1. The first-order valence-electron chi connectivity index (χ1n) is 5.77. The number of rotatable bonds is 4. The van der Waals surface area contributed by atoms with Crippen LogP contribution in [0.4, 0.5) is 0 Å². The highest BCUT2D eigenvalue weighted by Gasteiger charge is 2.03. The van der Waals surface area contributed by atoms with Crippen molar-refractivity contribution >= 4 is 11.6 Å². The third-order valence-corrected chi connectivity index (χ3v) is 2.79. The number of pyridine rings is 1. The van der Waals surface area contributed by atoms with Crippen LogP contribution in [0.15, 0.2) is 36.7 Å². The van der Waals surface area contributed by atoms with Gasteiger partial charge in [-0.2, -0.15) is 0 Å². The van der Waals surface area contributed by atoms with Crippen LogP contribution in [-0.2, 0) is 6.42 Å². The van der Waals surface area contributed by atoms with Gasteiger partial charge in [-0.3, -0.25) is 4.98 Å². The molecule has 0 saturated carbocycles. The summed E-state index contributed by atoms with van der Waals surface area (Å²) in [6.07, 6.45) is 4.09. The molecule has 0 atom stereocenters. The maximum atomic E-state index is 5.86. The first-order valence-corrected chi connectivity index (χ1v) is 6.15. The number of halogens is 1. The van der Waals surface area contributed by atoms with Crippen molar-refractivity contribution in [3.05, 3.63) is 52.8 Å². The van der Waals surface area contributed by atoms with Crippen LogP contribution >= 0.6 is 11.6 Å². The highest BCUT2D eigenvalue weighted by Crippen LogP contribution is 2.26. The summed E-state index contributed by atoms with van der Waals surface area (Å²) in [5.74, 6) is 1.44. The third-order valence-electron chi connectivity index (χ3n) is 2.58. The van der Waals surface area contributed by atoms with Gasteiger partial charge < -0.3 is 10.5 Å². The Balaban J connectivity index is 2.19. The lowest BCUT2D eigenvalue weighted by Gasteiger charge is -2.10. The van der Waals surface area contributed by atoms with E-state index in [9.17, 15) is 0 Å². The number of benzene rings is 1. The maximum absolute atomic E-state index is 5.86. The van der Waals surface area contributed by atoms with Gasteiger partial charge in [-0.25, -0.2) is 0 Å². The van der Waals surface area contributed by atoms with Crippen LogP contribution in [-0.4, -0.2) is 11.5 Å². The summed E-state index contributed by atoms with van der Waals surface area (Å²) in [6, 6.07) is 7.79. The fourth-order valence-electron chi connectivity index (χ4n) is 1.72. The molecule has 0 amide bonds. The molecule has 0 radical (unpaired) electrons. The van der Waals surface area contributed by atoms with Crippen molar-refractivity contribution in [2.24, 2.45) is 5.73 Å². The first-order chi connectivity index (χ1) is 8.69. The lowest BCUT2D eigenvalue weighted by atomic mass is 10.1. The molecule has 2 rings (SSSR count). The predicted molar refractivity (Wildman–Crippen MR) is 73.3 cm³/mol. The molecule has 1 aromatic carbocycles. The number of ether oxygens (including phenoxy) is 1. The summed E-state index contributed by atoms with van der Waals surface area (Å²) in [6.45, 7) is 2.66. The Morgan fingerprint density at radius 3 is 2.78 bits per heavy atom. The summed E-state index contributed by atoms with van der Waals surface area (Å²) in [7, 11) is 0. The summed E-state index contributed by atoms with van der Waals surface area (Å²) in [4.78, 5) is 3.98. The van der Waals surface area contributed by atoms with Crippen LogP contribution in [0.5, 0.6) is 11.5 Å². The molecule has 0 spiro atoms. The largest absolute Gasteiger partial charge is 0.455 e. The maximum Gasteiger partial charge on any atom is 0.147 e. The van der Waals surface area contributed by atoms with E-state index in [0.29, 0.717) is 17.3 Å². The van der Waals surface area contributed by atoms with Crippen molar-refractivity contribution in [3.8, 4) is 11.5 Å². The molecule has 0 aliphatic heterocycles. The van der Waals surface area contributed by atoms with Crippen LogP contribution in [0.3, 0.4) is 0 Å². The fraction of sp³-hybridized carbons (Fsp3) is 0.214. The van der Waals surface area contributed by atoms with Gasteiger partial charge in [0.25, 0.3) is 0 Å². The molecule has 0 saturated heterocycles. The van der Waals surface area contributed by atoms with Gasteiger partial charge in [0.1, 0.15) is 11.5 Å². The predicted octanol–water partition coefficient (Wildman–Crippen LogP) is 3.34. The minimum absolute atomic E-state index is 0.560. The van der Waals surface area contributed by atoms with Crippen LogP contribution < -0.4 is 10.5 Å². The summed E-state index contributed by atoms with van der Waals surface area (Å²) in [5.41, 5.74) is 7.82. The molecule has 94 valence electrons. The Hall–Kier alpha value is -1.58. The molecule has 0 bridgehead atoms. The van der Waals surface area contributed by atoms with Gasteiger partial charge in [-0.05, 0) is 37.1 Å². The van der Waals surface area contributed by atoms with E-state index >= 15 is 0 Å². The second-order valence-electron chi connectivity index (χ2n) is 4.08. The zero-order chi connectivity index (χ0) is 13.0. The highest BCUT2D eigenvalue weighted by atomic mass is 35.5. The third kappa shape index (κ3) is 3.22. The second kappa shape index (κ2) is 5.85. The Kier molecular flexibility index (Phi) is 4.18. The zero-order valence-corrected chi connectivity index (χ0v) is 10.9. The van der Waals surface area contributed by atoms with Crippen molar-refractivity contribution in [2.75, 3.05) is 6.54 Å². The number of nitrogens with zero attached hydrogens (tertiary/aromatic N) is 1. The molecule has 3 nitrogen and oxygen atoms in total. The summed E-state index contributed by atoms with van der Waals surface area (Å²) in [5, 5.41) is 0.560. The molecule has 0 fully saturated rings. The lowest BCUT2D eigenvalue weighted by Crippen LogP contribution is -2.02. The van der Waals surface area contributed by atoms with Crippen LogP contribution in [0.1, 0.15) is 11.1 Å². The average Bonchev–Trinajstić information content (AvgIpc) is 2.33. The molecule has 1 aromatic heterocycles. The molecular weight excluding hydrogens is 248 g/mol. The SMILES string of the molecule is Cc1cc(CCN)ccc1Oc1cncc(Cl)c1. The average molecular weight is 263 g/mol. The Morgan fingerprint density at radius 2 is 2.11 bits per heavy atom. The highest BCUT2D eigenvalue weighted by molar-refractivity contribution is 6.30. The van der Waals surface area contributed by atoms with Crippen LogP contribution in [0, 0.1) is 6.92 Å². The van der Waals surface area contributed by atoms with E-state index in [-0.39, 0.29) is 0 Å². The van der Waals surface area contributed by atoms with Crippen molar-refractivity contribution in [1.82, 2.24) is 4.98 Å². The first kappa shape index (κ1) is 12.9. The zero-order valence-electron chi connectivity index (χ0n) is 10.2. The van der Waals surface area contributed by atoms with Gasteiger partial charge in [0.15, 0.2) is 0 Å². The quantitative estimate of drug-likeness (QED) is 0.919. The molecule has 2 aromatic rings. The Morgan fingerprint density at radius 1 is 1.28 bits per heavy atom. The van der Waals surface area contributed by atoms with Gasteiger partial charge in [-0.1, -0.05) is 23.7 Å². The lowest BCUT2D eigenvalue weighted by molar-refractivity contribution is 0.476. The Bertz CT molecular complexity index is 543. The molecule has 4 heteroatoms. The molecule has 0 aliphatic carbocycles. The monoisotopic (exact) mass is 262 g/mol. The number of aromatic nitrogens is 1. The molecular formula is C14H15ClN2O. The summed E-state index contributed by atoms with van der Waals surface area (Å²) >= 11 is 5.86. The van der Waals surface area contributed by atoms with Gasteiger partial charge in [0, 0.05) is 12.3 Å². The smallest absolute Gasteiger partial charge is 0.147 e. The second-order valence-corrected chi connectivity index (χ2v) is 4.52. The standard InChI is InChI=1S/C14H15ClN2O/c1-10-6-11(4-5-16)2-3-14(10)18-13-7-12(15)8-17-9-13/h2-3,6-9H,4-5,16H2,1H3. The van der Waals surface area contributed by atoms with E-state index in [1.807, 2.05) is 19.1 Å². The molecule has 0 unspecified atom stereocenters. The number of hydrogen-bond donors (Lipinski definition) is 1. The molecule has 18 heavy (non-hydrogen) atoms. The minimum Gasteiger partial charge on any atom is -0.455 e. The van der Waals surface area contributed by atoms with E-state index in [1.165, 1.54) is 5.56 Å². The normalized spacial score (nSPS) is 10.4.